The van der Waals surface area contributed by atoms with Crippen molar-refractivity contribution in [3.8, 4) is 0 Å². The van der Waals surface area contributed by atoms with E-state index in [0.29, 0.717) is 0 Å². The zero-order valence-electron chi connectivity index (χ0n) is 9.82. The van der Waals surface area contributed by atoms with Crippen molar-refractivity contribution in [1.29, 1.82) is 0 Å². The molecule has 0 fully saturated rings. The van der Waals surface area contributed by atoms with Crippen LogP contribution >= 0.6 is 0 Å². The van der Waals surface area contributed by atoms with Crippen LogP contribution in [0.25, 0.3) is 0 Å². The van der Waals surface area contributed by atoms with Gasteiger partial charge in [-0.05, 0) is 31.3 Å². The first-order valence-electron chi connectivity index (χ1n) is 5.59. The van der Waals surface area contributed by atoms with Gasteiger partial charge in [-0.2, -0.15) is 0 Å². The standard InChI is InChI=1S/C12H18O4/c1-9(13)15-8-12(16-10(2)14)11-6-4-3-5-7-11/h6,12H,3-5,7-8H2,1-2H3. The molecule has 1 unspecified atom stereocenters. The molecule has 0 amide bonds. The maximum atomic E-state index is 11.0. The molecule has 0 radical (unpaired) electrons. The maximum absolute atomic E-state index is 11.0. The fourth-order valence-electron chi connectivity index (χ4n) is 1.77. The van der Waals surface area contributed by atoms with Crippen molar-refractivity contribution >= 4 is 11.9 Å². The van der Waals surface area contributed by atoms with Gasteiger partial charge in [0.15, 0.2) is 6.10 Å². The number of hydrogen-bond acceptors (Lipinski definition) is 4. The Balaban J connectivity index is 2.58. The number of hydrogen-bond donors (Lipinski definition) is 0. The highest BCUT2D eigenvalue weighted by molar-refractivity contribution is 5.67. The lowest BCUT2D eigenvalue weighted by molar-refractivity contribution is -0.154. The van der Waals surface area contributed by atoms with E-state index in [0.717, 1.165) is 24.8 Å². The first kappa shape index (κ1) is 12.7. The number of esters is 2. The van der Waals surface area contributed by atoms with Gasteiger partial charge in [0.1, 0.15) is 6.61 Å². The van der Waals surface area contributed by atoms with Gasteiger partial charge in [0.2, 0.25) is 0 Å². The lowest BCUT2D eigenvalue weighted by Gasteiger charge is -2.22. The summed E-state index contributed by atoms with van der Waals surface area (Å²) in [6.07, 6.45) is 5.88. The van der Waals surface area contributed by atoms with Crippen LogP contribution in [-0.2, 0) is 19.1 Å². The number of carbonyl (C=O) groups excluding carboxylic acids is 2. The van der Waals surface area contributed by atoms with Gasteiger partial charge < -0.3 is 9.47 Å². The molecule has 0 aromatic rings. The predicted molar refractivity (Wildman–Crippen MR) is 58.7 cm³/mol. The van der Waals surface area contributed by atoms with Crippen molar-refractivity contribution in [3.63, 3.8) is 0 Å². The lowest BCUT2D eigenvalue weighted by atomic mass is 9.95. The van der Waals surface area contributed by atoms with E-state index in [2.05, 4.69) is 6.08 Å². The second kappa shape index (κ2) is 6.30. The zero-order valence-corrected chi connectivity index (χ0v) is 9.82. The summed E-state index contributed by atoms with van der Waals surface area (Å²) >= 11 is 0. The van der Waals surface area contributed by atoms with E-state index in [9.17, 15) is 9.59 Å². The summed E-state index contributed by atoms with van der Waals surface area (Å²) in [7, 11) is 0. The Kier molecular flexibility index (Phi) is 5.02. The average Bonchev–Trinajstić information content (AvgIpc) is 2.25. The topological polar surface area (TPSA) is 52.6 Å². The van der Waals surface area contributed by atoms with Crippen LogP contribution < -0.4 is 0 Å². The van der Waals surface area contributed by atoms with Crippen LogP contribution in [0.5, 0.6) is 0 Å². The van der Waals surface area contributed by atoms with Crippen molar-refractivity contribution in [1.82, 2.24) is 0 Å². The van der Waals surface area contributed by atoms with Crippen LogP contribution in [0.1, 0.15) is 39.5 Å². The van der Waals surface area contributed by atoms with E-state index in [4.69, 9.17) is 9.47 Å². The predicted octanol–water partition coefficient (Wildman–Crippen LogP) is 1.98. The molecule has 0 N–H and O–H groups in total. The van der Waals surface area contributed by atoms with Gasteiger partial charge in [-0.3, -0.25) is 9.59 Å². The molecule has 0 heterocycles. The Hall–Kier alpha value is -1.32. The summed E-state index contributed by atoms with van der Waals surface area (Å²) in [5.74, 6) is -0.697. The molecule has 0 saturated heterocycles. The first-order chi connectivity index (χ1) is 7.59. The van der Waals surface area contributed by atoms with Crippen LogP contribution in [0.15, 0.2) is 11.6 Å². The zero-order chi connectivity index (χ0) is 12.0. The molecule has 0 saturated carbocycles. The Bertz CT molecular complexity index is 293. The average molecular weight is 226 g/mol. The largest absolute Gasteiger partial charge is 0.462 e. The van der Waals surface area contributed by atoms with Crippen LogP contribution in [0, 0.1) is 0 Å². The highest BCUT2D eigenvalue weighted by atomic mass is 16.6. The fraction of sp³-hybridized carbons (Fsp3) is 0.667. The molecule has 90 valence electrons. The summed E-state index contributed by atoms with van der Waals surface area (Å²) in [4.78, 5) is 21.7. The van der Waals surface area contributed by atoms with Crippen molar-refractivity contribution in [2.75, 3.05) is 6.61 Å². The van der Waals surface area contributed by atoms with E-state index in [-0.39, 0.29) is 18.5 Å². The van der Waals surface area contributed by atoms with Gasteiger partial charge in [-0.15, -0.1) is 0 Å². The monoisotopic (exact) mass is 226 g/mol. The summed E-state index contributed by atoms with van der Waals surface area (Å²) < 4.78 is 10.1. The van der Waals surface area contributed by atoms with Crippen LogP contribution in [0.2, 0.25) is 0 Å². The van der Waals surface area contributed by atoms with Crippen molar-refractivity contribution in [3.05, 3.63) is 11.6 Å². The Morgan fingerprint density at radius 1 is 1.31 bits per heavy atom. The van der Waals surface area contributed by atoms with Crippen molar-refractivity contribution in [2.45, 2.75) is 45.6 Å². The second-order valence-electron chi connectivity index (χ2n) is 3.93. The number of ether oxygens (including phenoxy) is 2. The van der Waals surface area contributed by atoms with Gasteiger partial charge in [-0.1, -0.05) is 6.08 Å². The SMILES string of the molecule is CC(=O)OCC(OC(C)=O)C1=CCCCC1. The molecular weight excluding hydrogens is 208 g/mol. The van der Waals surface area contributed by atoms with Gasteiger partial charge in [-0.25, -0.2) is 0 Å². The molecule has 0 bridgehead atoms. The van der Waals surface area contributed by atoms with E-state index >= 15 is 0 Å². The maximum Gasteiger partial charge on any atom is 0.303 e. The van der Waals surface area contributed by atoms with Crippen LogP contribution in [0.4, 0.5) is 0 Å². The fourth-order valence-corrected chi connectivity index (χ4v) is 1.77. The third kappa shape index (κ3) is 4.47. The third-order valence-corrected chi connectivity index (χ3v) is 2.49. The normalized spacial score (nSPS) is 17.2. The molecule has 0 aromatic heterocycles. The van der Waals surface area contributed by atoms with E-state index in [1.807, 2.05) is 0 Å². The van der Waals surface area contributed by atoms with Gasteiger partial charge >= 0.3 is 11.9 Å². The quantitative estimate of drug-likeness (QED) is 0.543. The summed E-state index contributed by atoms with van der Waals surface area (Å²) in [5.41, 5.74) is 1.07. The van der Waals surface area contributed by atoms with Crippen molar-refractivity contribution in [2.24, 2.45) is 0 Å². The van der Waals surface area contributed by atoms with E-state index in [1.54, 1.807) is 0 Å². The molecule has 4 heteroatoms. The molecular formula is C12H18O4. The molecule has 1 atom stereocenters. The van der Waals surface area contributed by atoms with E-state index < -0.39 is 6.10 Å². The number of carbonyl (C=O) groups is 2. The third-order valence-electron chi connectivity index (χ3n) is 2.49. The lowest BCUT2D eigenvalue weighted by Crippen LogP contribution is -2.26. The summed E-state index contributed by atoms with van der Waals surface area (Å²) in [6, 6.07) is 0. The minimum atomic E-state index is -0.401. The van der Waals surface area contributed by atoms with E-state index in [1.165, 1.54) is 20.3 Å². The molecule has 1 aliphatic carbocycles. The first-order valence-corrected chi connectivity index (χ1v) is 5.59. The molecule has 0 spiro atoms. The van der Waals surface area contributed by atoms with Crippen LogP contribution in [0.3, 0.4) is 0 Å². The number of allylic oxidation sites excluding steroid dienone is 1. The molecule has 0 aliphatic heterocycles. The summed E-state index contributed by atoms with van der Waals surface area (Å²) in [5, 5.41) is 0. The minimum Gasteiger partial charge on any atom is -0.462 e. The smallest absolute Gasteiger partial charge is 0.303 e. The Labute approximate surface area is 95.6 Å². The highest BCUT2D eigenvalue weighted by Gasteiger charge is 2.20. The Morgan fingerprint density at radius 2 is 2.06 bits per heavy atom. The summed E-state index contributed by atoms with van der Waals surface area (Å²) in [6.45, 7) is 2.84. The van der Waals surface area contributed by atoms with Gasteiger partial charge in [0.05, 0.1) is 0 Å². The molecule has 16 heavy (non-hydrogen) atoms. The highest BCUT2D eigenvalue weighted by Crippen LogP contribution is 2.22. The molecule has 0 aromatic carbocycles. The minimum absolute atomic E-state index is 0.126. The second-order valence-corrected chi connectivity index (χ2v) is 3.93. The van der Waals surface area contributed by atoms with Gasteiger partial charge in [0, 0.05) is 13.8 Å². The molecule has 1 rings (SSSR count). The Morgan fingerprint density at radius 3 is 2.56 bits per heavy atom. The molecule has 1 aliphatic rings. The van der Waals surface area contributed by atoms with Gasteiger partial charge in [0.25, 0.3) is 0 Å². The van der Waals surface area contributed by atoms with Crippen LogP contribution in [-0.4, -0.2) is 24.6 Å². The number of rotatable bonds is 4. The van der Waals surface area contributed by atoms with Crippen molar-refractivity contribution < 1.29 is 19.1 Å². The molecule has 4 nitrogen and oxygen atoms in total.